The summed E-state index contributed by atoms with van der Waals surface area (Å²) in [6.45, 7) is 3.19. The van der Waals surface area contributed by atoms with Crippen molar-refractivity contribution in [1.29, 1.82) is 0 Å². The monoisotopic (exact) mass is 492 g/mol. The van der Waals surface area contributed by atoms with Gasteiger partial charge in [-0.2, -0.15) is 5.10 Å². The number of hydrazone groups is 1. The summed E-state index contributed by atoms with van der Waals surface area (Å²) in [7, 11) is 1.39. The fraction of sp³-hybridized carbons (Fsp3) is 0.250. The minimum absolute atomic E-state index is 0.0332. The summed E-state index contributed by atoms with van der Waals surface area (Å²) in [5.74, 6) is -0.181. The van der Waals surface area contributed by atoms with E-state index in [1.807, 2.05) is 13.0 Å². The van der Waals surface area contributed by atoms with E-state index in [1.54, 1.807) is 19.1 Å². The molecule has 11 heteroatoms. The maximum Gasteiger partial charge on any atom is 0.296 e. The molecule has 0 fully saturated rings. The fourth-order valence-electron chi connectivity index (χ4n) is 2.41. The highest BCUT2D eigenvalue weighted by Gasteiger charge is 2.17. The maximum absolute atomic E-state index is 12.2. The second-order valence-corrected chi connectivity index (χ2v) is 7.30. The van der Waals surface area contributed by atoms with Gasteiger partial charge in [0.2, 0.25) is 5.91 Å². The number of hydrogen-bond donors (Lipinski definition) is 2. The molecule has 0 aliphatic rings. The smallest absolute Gasteiger partial charge is 0.296 e. The van der Waals surface area contributed by atoms with Crippen LogP contribution in [0.15, 0.2) is 46.0 Å². The van der Waals surface area contributed by atoms with E-state index in [-0.39, 0.29) is 24.4 Å². The van der Waals surface area contributed by atoms with Crippen LogP contribution in [0.3, 0.4) is 0 Å². The number of benzene rings is 2. The second-order valence-electron chi connectivity index (χ2n) is 6.45. The highest BCUT2D eigenvalue weighted by molar-refractivity contribution is 9.10. The molecule has 0 atom stereocenters. The number of carbonyl (C=O) groups excluding carboxylic acids is 2. The molecule has 164 valence electrons. The first-order valence-corrected chi connectivity index (χ1v) is 9.82. The lowest BCUT2D eigenvalue weighted by atomic mass is 10.2. The van der Waals surface area contributed by atoms with Gasteiger partial charge < -0.3 is 14.8 Å². The second kappa shape index (κ2) is 11.1. The molecule has 2 aromatic carbocycles. The van der Waals surface area contributed by atoms with E-state index >= 15 is 0 Å². The molecule has 0 unspecified atom stereocenters. The van der Waals surface area contributed by atoms with Crippen LogP contribution < -0.4 is 20.2 Å². The molecule has 10 nitrogen and oxygen atoms in total. The Bertz CT molecular complexity index is 1020. The largest absolute Gasteiger partial charge is 0.496 e. The molecule has 2 amide bonds. The van der Waals surface area contributed by atoms with Gasteiger partial charge in [-0.25, -0.2) is 5.43 Å². The molecule has 2 aromatic rings. The zero-order valence-electron chi connectivity index (χ0n) is 17.1. The molecule has 0 aliphatic heterocycles. The van der Waals surface area contributed by atoms with Gasteiger partial charge in [0.1, 0.15) is 17.2 Å². The summed E-state index contributed by atoms with van der Waals surface area (Å²) in [4.78, 5) is 34.6. The number of nitrogens with one attached hydrogen (secondary N) is 2. The molecular weight excluding hydrogens is 472 g/mol. The summed E-state index contributed by atoms with van der Waals surface area (Å²) in [5.41, 5.74) is 3.31. The molecule has 0 bridgehead atoms. The Kier molecular flexibility index (Phi) is 8.50. The van der Waals surface area contributed by atoms with Gasteiger partial charge in [0.15, 0.2) is 6.61 Å². The Morgan fingerprint density at radius 3 is 2.52 bits per heavy atom. The van der Waals surface area contributed by atoms with Crippen molar-refractivity contribution in [2.75, 3.05) is 19.0 Å². The number of nitro benzene ring substituents is 1. The molecule has 0 aromatic heterocycles. The summed E-state index contributed by atoms with van der Waals surface area (Å²) in [5, 5.41) is 17.5. The lowest BCUT2D eigenvalue weighted by Gasteiger charge is -2.08. The number of nitro groups is 1. The number of aryl methyl sites for hydroxylation is 1. The van der Waals surface area contributed by atoms with Crippen molar-refractivity contribution >= 4 is 44.8 Å². The molecule has 0 radical (unpaired) electrons. The third kappa shape index (κ3) is 7.37. The normalized spacial score (nSPS) is 10.9. The van der Waals surface area contributed by atoms with E-state index < -0.39 is 16.7 Å². The van der Waals surface area contributed by atoms with Gasteiger partial charge in [-0.15, -0.1) is 0 Å². The zero-order chi connectivity index (χ0) is 23.0. The van der Waals surface area contributed by atoms with Crippen molar-refractivity contribution in [1.82, 2.24) is 5.43 Å². The van der Waals surface area contributed by atoms with E-state index in [0.717, 1.165) is 10.0 Å². The molecular formula is C20H21BrN4O6. The number of ether oxygens (including phenoxy) is 2. The highest BCUT2D eigenvalue weighted by atomic mass is 79.9. The average Bonchev–Trinajstić information content (AvgIpc) is 2.73. The molecule has 0 spiro atoms. The third-order valence-corrected chi connectivity index (χ3v) is 4.85. The molecule has 31 heavy (non-hydrogen) atoms. The van der Waals surface area contributed by atoms with Crippen LogP contribution in [0.5, 0.6) is 11.5 Å². The number of carbonyl (C=O) groups is 2. The van der Waals surface area contributed by atoms with Crippen LogP contribution in [0.2, 0.25) is 0 Å². The average molecular weight is 493 g/mol. The topological polar surface area (TPSA) is 132 Å². The minimum Gasteiger partial charge on any atom is -0.496 e. The number of amides is 2. The van der Waals surface area contributed by atoms with Crippen LogP contribution in [0.1, 0.15) is 18.9 Å². The summed E-state index contributed by atoms with van der Waals surface area (Å²) in [6, 6.07) is 9.41. The van der Waals surface area contributed by atoms with Crippen molar-refractivity contribution in [3.05, 3.63) is 56.5 Å². The maximum atomic E-state index is 12.2. The predicted molar refractivity (Wildman–Crippen MR) is 119 cm³/mol. The van der Waals surface area contributed by atoms with E-state index in [1.165, 1.54) is 25.3 Å². The Morgan fingerprint density at radius 2 is 1.87 bits per heavy atom. The van der Waals surface area contributed by atoms with Gasteiger partial charge in [0.25, 0.3) is 11.6 Å². The quantitative estimate of drug-likeness (QED) is 0.312. The van der Waals surface area contributed by atoms with E-state index in [0.29, 0.717) is 17.2 Å². The van der Waals surface area contributed by atoms with Crippen LogP contribution in [0, 0.1) is 17.0 Å². The van der Waals surface area contributed by atoms with Crippen molar-refractivity contribution in [3.8, 4) is 11.5 Å². The van der Waals surface area contributed by atoms with Gasteiger partial charge in [0.05, 0.1) is 24.5 Å². The summed E-state index contributed by atoms with van der Waals surface area (Å²) in [6.07, 6.45) is -0.170. The SMILES string of the molecule is COc1ccc(NC(=O)CC(C)=NNC(=O)COc2ccc(Br)c(C)c2)c([N+](=O)[O-])c1. The van der Waals surface area contributed by atoms with Crippen LogP contribution in [-0.4, -0.2) is 36.2 Å². The highest BCUT2D eigenvalue weighted by Crippen LogP contribution is 2.29. The lowest BCUT2D eigenvalue weighted by molar-refractivity contribution is -0.384. The van der Waals surface area contributed by atoms with Crippen LogP contribution in [0.25, 0.3) is 0 Å². The first-order valence-electron chi connectivity index (χ1n) is 9.03. The molecule has 0 aliphatic carbocycles. The van der Waals surface area contributed by atoms with Gasteiger partial charge in [-0.1, -0.05) is 15.9 Å². The number of halogens is 1. The molecule has 0 heterocycles. The van der Waals surface area contributed by atoms with Crippen LogP contribution in [0.4, 0.5) is 11.4 Å². The summed E-state index contributed by atoms with van der Waals surface area (Å²) >= 11 is 3.38. The Labute approximate surface area is 186 Å². The fourth-order valence-corrected chi connectivity index (χ4v) is 2.65. The molecule has 0 saturated carbocycles. The van der Waals surface area contributed by atoms with Gasteiger partial charge in [-0.05, 0) is 49.7 Å². The van der Waals surface area contributed by atoms with Gasteiger partial charge >= 0.3 is 0 Å². The van der Waals surface area contributed by atoms with E-state index in [2.05, 4.69) is 31.8 Å². The van der Waals surface area contributed by atoms with Crippen molar-refractivity contribution in [2.24, 2.45) is 5.10 Å². The molecule has 0 saturated heterocycles. The first kappa shape index (κ1) is 23.8. The first-order chi connectivity index (χ1) is 14.7. The zero-order valence-corrected chi connectivity index (χ0v) is 18.7. The standard InChI is InChI=1S/C20H21BrN4O6/c1-12-8-15(4-6-16(12)21)31-11-20(27)24-23-13(2)9-19(26)22-17-7-5-14(30-3)10-18(17)25(28)29/h4-8,10H,9,11H2,1-3H3,(H,22,26)(H,24,27). The molecule has 2 N–H and O–H groups in total. The lowest BCUT2D eigenvalue weighted by Crippen LogP contribution is -2.26. The predicted octanol–water partition coefficient (Wildman–Crippen LogP) is 3.57. The van der Waals surface area contributed by atoms with E-state index in [9.17, 15) is 19.7 Å². The number of nitrogens with zero attached hydrogens (tertiary/aromatic N) is 2. The van der Waals surface area contributed by atoms with Crippen LogP contribution in [-0.2, 0) is 9.59 Å². The Balaban J connectivity index is 1.87. The number of rotatable bonds is 9. The van der Waals surface area contributed by atoms with Crippen molar-refractivity contribution in [2.45, 2.75) is 20.3 Å². The number of methoxy groups -OCH3 is 1. The van der Waals surface area contributed by atoms with Crippen LogP contribution >= 0.6 is 15.9 Å². The van der Waals surface area contributed by atoms with Crippen molar-refractivity contribution < 1.29 is 24.0 Å². The Hall–Kier alpha value is -3.47. The summed E-state index contributed by atoms with van der Waals surface area (Å²) < 4.78 is 11.3. The number of hydrogen-bond acceptors (Lipinski definition) is 7. The molecule has 2 rings (SSSR count). The van der Waals surface area contributed by atoms with Gasteiger partial charge in [-0.3, -0.25) is 19.7 Å². The Morgan fingerprint density at radius 1 is 1.16 bits per heavy atom. The number of anilines is 1. The third-order valence-electron chi connectivity index (χ3n) is 3.96. The van der Waals surface area contributed by atoms with Gasteiger partial charge in [0, 0.05) is 10.2 Å². The van der Waals surface area contributed by atoms with Crippen molar-refractivity contribution in [3.63, 3.8) is 0 Å². The minimum atomic E-state index is -0.619. The van der Waals surface area contributed by atoms with E-state index in [4.69, 9.17) is 9.47 Å².